The molecule has 0 bridgehead atoms. The number of hydrogen-bond donors (Lipinski definition) is 5. The lowest BCUT2D eigenvalue weighted by atomic mass is 9.91. The van der Waals surface area contributed by atoms with Crippen molar-refractivity contribution in [1.29, 1.82) is 0 Å². The number of nitrogens with one attached hydrogen (secondary N) is 2. The quantitative estimate of drug-likeness (QED) is 0.358. The molecular formula is C17H29ClN2O6S. The number of ether oxygens (including phenoxy) is 2. The van der Waals surface area contributed by atoms with Gasteiger partial charge in [0.15, 0.2) is 0 Å². The van der Waals surface area contributed by atoms with Gasteiger partial charge in [0.05, 0.1) is 17.5 Å². The lowest BCUT2D eigenvalue weighted by molar-refractivity contribution is -0.205. The zero-order chi connectivity index (χ0) is 19.7. The van der Waals surface area contributed by atoms with E-state index in [4.69, 9.17) is 21.1 Å². The van der Waals surface area contributed by atoms with Crippen LogP contribution in [0.15, 0.2) is 0 Å². The highest BCUT2D eigenvalue weighted by atomic mass is 35.5. The molecule has 0 aromatic heterocycles. The van der Waals surface area contributed by atoms with Crippen molar-refractivity contribution < 1.29 is 29.6 Å². The van der Waals surface area contributed by atoms with Gasteiger partial charge < -0.3 is 35.4 Å². The Morgan fingerprint density at radius 1 is 1.30 bits per heavy atom. The molecule has 0 spiro atoms. The van der Waals surface area contributed by atoms with Gasteiger partial charge in [-0.1, -0.05) is 0 Å². The number of hydrogen-bond acceptors (Lipinski definition) is 8. The van der Waals surface area contributed by atoms with Gasteiger partial charge in [-0.05, 0) is 31.9 Å². The summed E-state index contributed by atoms with van der Waals surface area (Å²) >= 11 is 7.52. The number of thioether (sulfide) groups is 1. The third-order valence-corrected chi connectivity index (χ3v) is 6.83. The molecule has 0 saturated carbocycles. The van der Waals surface area contributed by atoms with Crippen molar-refractivity contribution in [2.75, 3.05) is 19.4 Å². The van der Waals surface area contributed by atoms with Gasteiger partial charge in [0.25, 0.3) is 0 Å². The lowest BCUT2D eigenvalue weighted by Gasteiger charge is -2.44. The van der Waals surface area contributed by atoms with E-state index in [2.05, 4.69) is 10.6 Å². The second-order valence-corrected chi connectivity index (χ2v) is 9.14. The molecule has 8 nitrogen and oxygen atoms in total. The van der Waals surface area contributed by atoms with Crippen LogP contribution >= 0.6 is 23.4 Å². The van der Waals surface area contributed by atoms with Crippen molar-refractivity contribution in [3.8, 4) is 0 Å². The topological polar surface area (TPSA) is 120 Å². The SMILES string of the molecule is CSC1OC([C@H](NC(=O)[C@H]2NC[C@@H]3CCCO[C@H]32)[C@H](C)Cl)C(O)C(O)C1O. The van der Waals surface area contributed by atoms with Gasteiger partial charge in [-0.15, -0.1) is 23.4 Å². The standard InChI is InChI=1S/C17H29ClN2O6S/c1-7(18)9(15-12(22)11(21)13(23)17(26-15)27-2)20-16(24)10-14-8(6-19-10)4-3-5-25-14/h7-15,17,19,21-23H,3-6H2,1-2H3,(H,20,24)/t7-,8-,9+,10-,11?,12?,13?,14+,15?,17?/m0/s1. The van der Waals surface area contributed by atoms with Crippen LogP contribution in [-0.4, -0.2) is 94.1 Å². The predicted molar refractivity (Wildman–Crippen MR) is 102 cm³/mol. The molecular weight excluding hydrogens is 396 g/mol. The maximum absolute atomic E-state index is 12.9. The van der Waals surface area contributed by atoms with Gasteiger partial charge in [0, 0.05) is 13.2 Å². The zero-order valence-electron chi connectivity index (χ0n) is 15.5. The lowest BCUT2D eigenvalue weighted by Crippen LogP contribution is -2.65. The molecule has 3 aliphatic rings. The molecule has 0 radical (unpaired) electrons. The minimum atomic E-state index is -1.38. The molecule has 10 atom stereocenters. The fraction of sp³-hybridized carbons (Fsp3) is 0.941. The van der Waals surface area contributed by atoms with Crippen molar-refractivity contribution in [2.45, 2.75) is 73.2 Å². The number of aliphatic hydroxyl groups excluding tert-OH is 3. The molecule has 0 aromatic carbocycles. The summed E-state index contributed by atoms with van der Waals surface area (Å²) in [5.41, 5.74) is -0.723. The number of aliphatic hydroxyl groups is 3. The van der Waals surface area contributed by atoms with Crippen molar-refractivity contribution in [3.63, 3.8) is 0 Å². The van der Waals surface area contributed by atoms with E-state index >= 15 is 0 Å². The van der Waals surface area contributed by atoms with E-state index in [1.807, 2.05) is 0 Å². The fourth-order valence-electron chi connectivity index (χ4n) is 4.17. The van der Waals surface area contributed by atoms with E-state index in [0.29, 0.717) is 12.5 Å². The molecule has 3 aliphatic heterocycles. The van der Waals surface area contributed by atoms with Crippen molar-refractivity contribution in [1.82, 2.24) is 10.6 Å². The second kappa shape index (κ2) is 9.13. The van der Waals surface area contributed by atoms with E-state index in [9.17, 15) is 20.1 Å². The molecule has 0 aromatic rings. The number of carbonyl (C=O) groups excluding carboxylic acids is 1. The maximum Gasteiger partial charge on any atom is 0.240 e. The molecule has 27 heavy (non-hydrogen) atoms. The number of carbonyl (C=O) groups is 1. The molecule has 0 aliphatic carbocycles. The minimum absolute atomic E-state index is 0.173. The van der Waals surface area contributed by atoms with Crippen LogP contribution in [0.2, 0.25) is 0 Å². The number of halogens is 1. The Morgan fingerprint density at radius 3 is 2.70 bits per heavy atom. The minimum Gasteiger partial charge on any atom is -0.388 e. The highest BCUT2D eigenvalue weighted by Gasteiger charge is 2.49. The molecule has 3 heterocycles. The highest BCUT2D eigenvalue weighted by molar-refractivity contribution is 7.99. The molecule has 10 heteroatoms. The Kier molecular flexibility index (Phi) is 7.29. The van der Waals surface area contributed by atoms with Crippen molar-refractivity contribution in [3.05, 3.63) is 0 Å². The Morgan fingerprint density at radius 2 is 2.04 bits per heavy atom. The summed E-state index contributed by atoms with van der Waals surface area (Å²) in [5, 5.41) is 36.1. The molecule has 3 rings (SSSR count). The van der Waals surface area contributed by atoms with Gasteiger partial charge in [0.2, 0.25) is 5.91 Å². The molecule has 5 unspecified atom stereocenters. The highest BCUT2D eigenvalue weighted by Crippen LogP contribution is 2.31. The van der Waals surface area contributed by atoms with E-state index in [0.717, 1.165) is 19.4 Å². The van der Waals surface area contributed by atoms with E-state index < -0.39 is 47.3 Å². The summed E-state index contributed by atoms with van der Waals surface area (Å²) in [6.45, 7) is 3.06. The first-order valence-corrected chi connectivity index (χ1v) is 11.1. The van der Waals surface area contributed by atoms with Gasteiger partial charge in [-0.2, -0.15) is 0 Å². The van der Waals surface area contributed by atoms with Gasteiger partial charge in [-0.3, -0.25) is 4.79 Å². The largest absolute Gasteiger partial charge is 0.388 e. The summed E-state index contributed by atoms with van der Waals surface area (Å²) in [5.74, 6) is 0.0507. The number of fused-ring (bicyclic) bond motifs is 1. The summed E-state index contributed by atoms with van der Waals surface area (Å²) < 4.78 is 11.6. The smallest absolute Gasteiger partial charge is 0.240 e. The van der Waals surface area contributed by atoms with Gasteiger partial charge >= 0.3 is 0 Å². The summed E-state index contributed by atoms with van der Waals surface area (Å²) in [7, 11) is 0. The summed E-state index contributed by atoms with van der Waals surface area (Å²) in [6.07, 6.45) is -1.33. The molecule has 3 fully saturated rings. The van der Waals surface area contributed by atoms with Gasteiger partial charge in [0.1, 0.15) is 35.9 Å². The van der Waals surface area contributed by atoms with Crippen molar-refractivity contribution in [2.24, 2.45) is 5.92 Å². The first kappa shape index (κ1) is 21.6. The number of amides is 1. The summed E-state index contributed by atoms with van der Waals surface area (Å²) in [4.78, 5) is 12.9. The van der Waals surface area contributed by atoms with Crippen LogP contribution in [0.3, 0.4) is 0 Å². The van der Waals surface area contributed by atoms with Crippen LogP contribution in [0.5, 0.6) is 0 Å². The third kappa shape index (κ3) is 4.40. The van der Waals surface area contributed by atoms with Crippen LogP contribution in [-0.2, 0) is 14.3 Å². The molecule has 156 valence electrons. The third-order valence-electron chi connectivity index (χ3n) is 5.70. The molecule has 1 amide bonds. The van der Waals surface area contributed by atoms with Crippen molar-refractivity contribution >= 4 is 29.3 Å². The second-order valence-electron chi connectivity index (χ2n) is 7.51. The number of rotatable bonds is 5. The van der Waals surface area contributed by atoms with Crippen LogP contribution in [0.4, 0.5) is 0 Å². The Balaban J connectivity index is 1.71. The zero-order valence-corrected chi connectivity index (χ0v) is 17.0. The molecule has 5 N–H and O–H groups in total. The Labute approximate surface area is 168 Å². The average molecular weight is 425 g/mol. The monoisotopic (exact) mass is 424 g/mol. The first-order chi connectivity index (χ1) is 12.8. The Bertz CT molecular complexity index is 528. The number of alkyl halides is 1. The first-order valence-electron chi connectivity index (χ1n) is 9.37. The van der Waals surface area contributed by atoms with E-state index in [-0.39, 0.29) is 12.0 Å². The van der Waals surface area contributed by atoms with Crippen LogP contribution < -0.4 is 10.6 Å². The predicted octanol–water partition coefficient (Wildman–Crippen LogP) is -0.964. The Hall–Kier alpha value is -0.130. The fourth-order valence-corrected chi connectivity index (χ4v) is 5.05. The van der Waals surface area contributed by atoms with E-state index in [1.165, 1.54) is 11.8 Å². The summed E-state index contributed by atoms with van der Waals surface area (Å²) in [6, 6.07) is -1.23. The van der Waals surface area contributed by atoms with Crippen LogP contribution in [0.1, 0.15) is 19.8 Å². The van der Waals surface area contributed by atoms with Gasteiger partial charge in [-0.25, -0.2) is 0 Å². The molecule has 3 saturated heterocycles. The van der Waals surface area contributed by atoms with Crippen LogP contribution in [0, 0.1) is 5.92 Å². The maximum atomic E-state index is 12.9. The van der Waals surface area contributed by atoms with Crippen LogP contribution in [0.25, 0.3) is 0 Å². The van der Waals surface area contributed by atoms with E-state index in [1.54, 1.807) is 13.2 Å². The average Bonchev–Trinajstić information content (AvgIpc) is 3.09. The normalized spacial score (nSPS) is 44.4.